The first-order valence-corrected chi connectivity index (χ1v) is 5.53. The first-order valence-electron chi connectivity index (χ1n) is 5.53. The lowest BCUT2D eigenvalue weighted by Crippen LogP contribution is -2.37. The molecule has 19 heavy (non-hydrogen) atoms. The van der Waals surface area contributed by atoms with Gasteiger partial charge >= 0.3 is 12.3 Å². The lowest BCUT2D eigenvalue weighted by molar-refractivity contribution is -0.137. The van der Waals surface area contributed by atoms with Gasteiger partial charge in [-0.15, -0.1) is 0 Å². The molecule has 0 fully saturated rings. The molecule has 1 aromatic carbocycles. The summed E-state index contributed by atoms with van der Waals surface area (Å²) in [4.78, 5) is 10.5. The van der Waals surface area contributed by atoms with E-state index in [9.17, 15) is 23.1 Å². The van der Waals surface area contributed by atoms with Gasteiger partial charge in [-0.2, -0.15) is 13.2 Å². The minimum Gasteiger partial charge on any atom is -0.465 e. The van der Waals surface area contributed by atoms with Gasteiger partial charge in [0, 0.05) is 12.0 Å². The minimum absolute atomic E-state index is 0.368. The van der Waals surface area contributed by atoms with Crippen LogP contribution in [0.25, 0.3) is 0 Å². The van der Waals surface area contributed by atoms with Crippen LogP contribution in [-0.2, 0) is 6.18 Å². The van der Waals surface area contributed by atoms with Crippen LogP contribution in [0.1, 0.15) is 24.0 Å². The number of halogens is 3. The largest absolute Gasteiger partial charge is 0.465 e. The average Bonchev–Trinajstić information content (AvgIpc) is 2.28. The van der Waals surface area contributed by atoms with Crippen molar-refractivity contribution in [2.75, 3.05) is 6.61 Å². The molecule has 0 aliphatic heterocycles. The first-order chi connectivity index (χ1) is 8.75. The molecule has 1 aromatic rings. The van der Waals surface area contributed by atoms with E-state index < -0.39 is 29.8 Å². The zero-order chi connectivity index (χ0) is 14.6. The highest BCUT2D eigenvalue weighted by atomic mass is 19.4. The topological polar surface area (TPSA) is 69.6 Å². The maximum Gasteiger partial charge on any atom is 0.416 e. The van der Waals surface area contributed by atoms with E-state index in [1.807, 2.05) is 0 Å². The van der Waals surface area contributed by atoms with Crippen LogP contribution in [0.3, 0.4) is 0 Å². The lowest BCUT2D eigenvalue weighted by atomic mass is 9.92. The van der Waals surface area contributed by atoms with E-state index in [4.69, 9.17) is 5.11 Å². The Morgan fingerprint density at radius 3 is 2.21 bits per heavy atom. The van der Waals surface area contributed by atoms with Crippen LogP contribution >= 0.6 is 0 Å². The van der Waals surface area contributed by atoms with E-state index in [0.29, 0.717) is 5.56 Å². The molecule has 0 aromatic heterocycles. The molecule has 3 N–H and O–H groups in total. The number of carboxylic acid groups (broad SMARTS) is 1. The highest BCUT2D eigenvalue weighted by molar-refractivity contribution is 5.65. The van der Waals surface area contributed by atoms with E-state index in [-0.39, 0.29) is 6.61 Å². The molecule has 4 nitrogen and oxygen atoms in total. The van der Waals surface area contributed by atoms with Crippen LogP contribution in [0.5, 0.6) is 0 Å². The molecule has 1 amide bonds. The normalized spacial score (nSPS) is 14.8. The molecule has 0 saturated carbocycles. The van der Waals surface area contributed by atoms with Gasteiger partial charge in [-0.3, -0.25) is 0 Å². The summed E-state index contributed by atoms with van der Waals surface area (Å²) in [7, 11) is 0. The third kappa shape index (κ3) is 4.13. The highest BCUT2D eigenvalue weighted by Crippen LogP contribution is 2.30. The Labute approximate surface area is 107 Å². The minimum atomic E-state index is -4.42. The second-order valence-corrected chi connectivity index (χ2v) is 4.15. The molecule has 0 heterocycles. The summed E-state index contributed by atoms with van der Waals surface area (Å²) in [5.41, 5.74) is -0.344. The van der Waals surface area contributed by atoms with Crippen molar-refractivity contribution in [2.24, 2.45) is 0 Å². The van der Waals surface area contributed by atoms with Crippen molar-refractivity contribution in [3.63, 3.8) is 0 Å². The third-order valence-corrected chi connectivity index (χ3v) is 2.82. The number of alkyl halides is 3. The fraction of sp³-hybridized carbons (Fsp3) is 0.417. The Morgan fingerprint density at radius 2 is 1.84 bits per heavy atom. The van der Waals surface area contributed by atoms with Crippen molar-refractivity contribution in [2.45, 2.75) is 25.1 Å². The van der Waals surface area contributed by atoms with Gasteiger partial charge < -0.3 is 15.5 Å². The van der Waals surface area contributed by atoms with Crippen molar-refractivity contribution in [3.05, 3.63) is 35.4 Å². The standard InChI is InChI=1S/C12H14F3NO3/c1-7(16-11(18)19)10(6-17)8-2-4-9(5-3-8)12(13,14)15/h2-5,7,10,16-17H,6H2,1H3,(H,18,19)/t7-,10-/m0/s1. The maximum absolute atomic E-state index is 12.4. The molecule has 106 valence electrons. The number of nitrogens with one attached hydrogen (secondary N) is 1. The quantitative estimate of drug-likeness (QED) is 0.791. The molecule has 2 atom stereocenters. The summed E-state index contributed by atoms with van der Waals surface area (Å²) in [5, 5.41) is 20.0. The van der Waals surface area contributed by atoms with Gasteiger partial charge in [0.05, 0.1) is 12.2 Å². The van der Waals surface area contributed by atoms with Crippen LogP contribution in [0.15, 0.2) is 24.3 Å². The fourth-order valence-electron chi connectivity index (χ4n) is 1.77. The van der Waals surface area contributed by atoms with Crippen LogP contribution in [-0.4, -0.2) is 29.0 Å². The third-order valence-electron chi connectivity index (χ3n) is 2.82. The summed E-state index contributed by atoms with van der Waals surface area (Å²) >= 11 is 0. The number of aliphatic hydroxyl groups is 1. The summed E-state index contributed by atoms with van der Waals surface area (Å²) in [6, 6.07) is 3.68. The Balaban J connectivity index is 2.91. The van der Waals surface area contributed by atoms with E-state index in [1.165, 1.54) is 19.1 Å². The molecule has 0 bridgehead atoms. The molecule has 1 rings (SSSR count). The fourth-order valence-corrected chi connectivity index (χ4v) is 1.77. The predicted molar refractivity (Wildman–Crippen MR) is 61.9 cm³/mol. The Hall–Kier alpha value is -1.76. The first kappa shape index (κ1) is 15.3. The molecule has 7 heteroatoms. The smallest absolute Gasteiger partial charge is 0.416 e. The van der Waals surface area contributed by atoms with Gasteiger partial charge in [-0.25, -0.2) is 4.79 Å². The van der Waals surface area contributed by atoms with E-state index in [0.717, 1.165) is 12.1 Å². The van der Waals surface area contributed by atoms with Crippen LogP contribution < -0.4 is 5.32 Å². The number of hydrogen-bond donors (Lipinski definition) is 3. The predicted octanol–water partition coefficient (Wildman–Crippen LogP) is 2.44. The van der Waals surface area contributed by atoms with Gasteiger partial charge in [0.2, 0.25) is 0 Å². The maximum atomic E-state index is 12.4. The summed E-state index contributed by atoms with van der Waals surface area (Å²) < 4.78 is 37.2. The van der Waals surface area contributed by atoms with Gasteiger partial charge in [0.15, 0.2) is 0 Å². The molecular formula is C12H14F3NO3. The van der Waals surface area contributed by atoms with Gasteiger partial charge in [-0.05, 0) is 24.6 Å². The molecule has 0 unspecified atom stereocenters. The van der Waals surface area contributed by atoms with E-state index in [2.05, 4.69) is 5.32 Å². The number of amides is 1. The number of hydrogen-bond acceptors (Lipinski definition) is 2. The number of aliphatic hydroxyl groups excluding tert-OH is 1. The average molecular weight is 277 g/mol. The number of carbonyl (C=O) groups is 1. The summed E-state index contributed by atoms with van der Waals surface area (Å²) in [6.07, 6.45) is -5.67. The van der Waals surface area contributed by atoms with Crippen molar-refractivity contribution in [1.29, 1.82) is 0 Å². The van der Waals surface area contributed by atoms with Crippen molar-refractivity contribution in [1.82, 2.24) is 5.32 Å². The second kappa shape index (κ2) is 5.92. The lowest BCUT2D eigenvalue weighted by Gasteiger charge is -2.22. The van der Waals surface area contributed by atoms with Gasteiger partial charge in [-0.1, -0.05) is 12.1 Å². The molecule has 0 saturated heterocycles. The zero-order valence-electron chi connectivity index (χ0n) is 10.1. The van der Waals surface area contributed by atoms with Crippen molar-refractivity contribution in [3.8, 4) is 0 Å². The molecule has 0 radical (unpaired) electrons. The zero-order valence-corrected chi connectivity index (χ0v) is 10.1. The highest BCUT2D eigenvalue weighted by Gasteiger charge is 2.30. The molecule has 0 aliphatic rings. The molecule has 0 aliphatic carbocycles. The molecular weight excluding hydrogens is 263 g/mol. The Kier molecular flexibility index (Phi) is 4.77. The second-order valence-electron chi connectivity index (χ2n) is 4.15. The summed E-state index contributed by atoms with van der Waals surface area (Å²) in [5.74, 6) is -0.599. The Morgan fingerprint density at radius 1 is 1.32 bits per heavy atom. The van der Waals surface area contributed by atoms with Crippen LogP contribution in [0.4, 0.5) is 18.0 Å². The van der Waals surface area contributed by atoms with Crippen LogP contribution in [0, 0.1) is 0 Å². The van der Waals surface area contributed by atoms with Crippen molar-refractivity contribution >= 4 is 6.09 Å². The monoisotopic (exact) mass is 277 g/mol. The molecule has 0 spiro atoms. The summed E-state index contributed by atoms with van der Waals surface area (Å²) in [6.45, 7) is 1.17. The SMILES string of the molecule is C[C@H](NC(=O)O)[C@H](CO)c1ccc(C(F)(F)F)cc1. The Bertz CT molecular complexity index is 431. The van der Waals surface area contributed by atoms with Gasteiger partial charge in [0.1, 0.15) is 0 Å². The van der Waals surface area contributed by atoms with Crippen LogP contribution in [0.2, 0.25) is 0 Å². The van der Waals surface area contributed by atoms with Gasteiger partial charge in [0.25, 0.3) is 0 Å². The van der Waals surface area contributed by atoms with E-state index in [1.54, 1.807) is 0 Å². The number of benzene rings is 1. The van der Waals surface area contributed by atoms with E-state index >= 15 is 0 Å². The number of rotatable bonds is 4. The van der Waals surface area contributed by atoms with Crippen molar-refractivity contribution < 1.29 is 28.2 Å².